The van der Waals surface area contributed by atoms with Crippen LogP contribution in [0.3, 0.4) is 0 Å². The number of fused-ring (bicyclic) bond motifs is 7. The molecule has 66 heavy (non-hydrogen) atoms. The molecule has 18 heteroatoms. The summed E-state index contributed by atoms with van der Waals surface area (Å²) in [5, 5.41) is 94.8. The van der Waals surface area contributed by atoms with E-state index in [0.717, 1.165) is 52.1 Å². The largest absolute Gasteiger partial charge is 0.467 e. The van der Waals surface area contributed by atoms with Crippen LogP contribution in [0.4, 0.5) is 0 Å². The average Bonchev–Trinajstić information content (AvgIpc) is 3.54. The van der Waals surface area contributed by atoms with E-state index in [1.54, 1.807) is 0 Å². The van der Waals surface area contributed by atoms with Crippen molar-refractivity contribution >= 4 is 11.9 Å². The number of carbonyl (C=O) groups excluding carboxylic acids is 2. The lowest BCUT2D eigenvalue weighted by Crippen LogP contribution is -2.66. The molecule has 7 fully saturated rings. The van der Waals surface area contributed by atoms with Crippen molar-refractivity contribution in [3.8, 4) is 0 Å². The Morgan fingerprint density at radius 2 is 1.26 bits per heavy atom. The molecule has 0 aromatic heterocycles. The van der Waals surface area contributed by atoms with Crippen molar-refractivity contribution in [1.82, 2.24) is 0 Å². The molecule has 0 bridgehead atoms. The van der Waals surface area contributed by atoms with Gasteiger partial charge in [0.05, 0.1) is 31.8 Å². The normalized spacial score (nSPS) is 51.9. The van der Waals surface area contributed by atoms with Gasteiger partial charge in [0.1, 0.15) is 61.0 Å². The molecule has 18 nitrogen and oxygen atoms in total. The zero-order valence-electron chi connectivity index (χ0n) is 39.7. The topological polar surface area (TPSA) is 281 Å². The molecule has 0 spiro atoms. The first-order valence-corrected chi connectivity index (χ1v) is 24.1. The fourth-order valence-electron chi connectivity index (χ4n) is 14.9. The standard InChI is InChI=1S/C48H76O18/c1-43(2)15-17-48(42(59)66-40-34(56)31(53)29(51)24(20-49)62-40)18-16-46(6)22(23(48)19-43)9-10-27-45(5)13-12-28(44(3,4)26(45)11-14-47(27,46)7)63-41-35(57)32(54)36(37(65-41)38(58)60-8)64-39-33(55)30(52)25(21-50)61-39/h9,23-37,39-41,49-57H,10-21H2,1-8H3/t23-,24+,25+,26-,27+,28-,29+,30+,31-,32+,33-,34+,35+,36-,37-,39-,40-,41+,45-,46+,47+,48-/m0/s1. The summed E-state index contributed by atoms with van der Waals surface area (Å²) >= 11 is 0. The predicted molar refractivity (Wildman–Crippen MR) is 229 cm³/mol. The van der Waals surface area contributed by atoms with Crippen LogP contribution in [0.15, 0.2) is 11.6 Å². The minimum absolute atomic E-state index is 0.0582. The van der Waals surface area contributed by atoms with E-state index in [-0.39, 0.29) is 39.4 Å². The lowest BCUT2D eigenvalue weighted by atomic mass is 9.33. The molecule has 3 aliphatic heterocycles. The van der Waals surface area contributed by atoms with Crippen molar-refractivity contribution in [1.29, 1.82) is 0 Å². The van der Waals surface area contributed by atoms with Crippen molar-refractivity contribution in [2.45, 2.75) is 205 Å². The van der Waals surface area contributed by atoms with Crippen molar-refractivity contribution in [2.24, 2.45) is 50.2 Å². The molecule has 4 saturated carbocycles. The van der Waals surface area contributed by atoms with Gasteiger partial charge in [0.25, 0.3) is 0 Å². The number of rotatable bonds is 9. The summed E-state index contributed by atoms with van der Waals surface area (Å²) < 4.78 is 40.5. The van der Waals surface area contributed by atoms with Crippen LogP contribution in [0.2, 0.25) is 0 Å². The maximum Gasteiger partial charge on any atom is 0.337 e. The Morgan fingerprint density at radius 3 is 1.91 bits per heavy atom. The Morgan fingerprint density at radius 1 is 0.667 bits per heavy atom. The number of aliphatic hydroxyl groups excluding tert-OH is 9. The Bertz CT molecular complexity index is 1840. The smallest absolute Gasteiger partial charge is 0.337 e. The van der Waals surface area contributed by atoms with E-state index in [4.69, 9.17) is 33.2 Å². The van der Waals surface area contributed by atoms with E-state index in [2.05, 4.69) is 54.5 Å². The number of hydrogen-bond donors (Lipinski definition) is 9. The van der Waals surface area contributed by atoms with E-state index in [1.807, 2.05) is 0 Å². The SMILES string of the molecule is COC(=O)[C@H]1O[C@@H](O[C@H]2CC[C@]3(C)[C@H]4CC=C5[C@@H]6CC(C)(C)CC[C@]6(C(=O)O[C@@H]6O[C@H](CO)[C@@H](O)[C@H](O)[C@H]6O)CC[C@@]5(C)[C@]4(C)CC[C@H]3C2(C)C)[C@H](O)[C@@H](O)[C@@H]1O[C@@H]1O[C@H](CO)[C@@H](O)[C@@H]1O. The first-order valence-electron chi connectivity index (χ1n) is 24.1. The van der Waals surface area contributed by atoms with Gasteiger partial charge >= 0.3 is 11.9 Å². The molecule has 3 saturated heterocycles. The van der Waals surface area contributed by atoms with Gasteiger partial charge in [-0.25, -0.2) is 4.79 Å². The van der Waals surface area contributed by atoms with Crippen LogP contribution in [0, 0.1) is 50.2 Å². The van der Waals surface area contributed by atoms with Gasteiger partial charge in [-0.05, 0) is 109 Å². The lowest BCUT2D eigenvalue weighted by molar-refractivity contribution is -0.342. The van der Waals surface area contributed by atoms with Gasteiger partial charge in [0.2, 0.25) is 6.29 Å². The Labute approximate surface area is 386 Å². The molecule has 0 aromatic carbocycles. The number of carbonyl (C=O) groups is 2. The Balaban J connectivity index is 1.02. The number of allylic oxidation sites excluding steroid dienone is 2. The number of methoxy groups -OCH3 is 1. The third-order valence-electron chi connectivity index (χ3n) is 19.1. The second-order valence-electron chi connectivity index (χ2n) is 23.2. The molecule has 0 radical (unpaired) electrons. The summed E-state index contributed by atoms with van der Waals surface area (Å²) in [5.41, 5.74) is -0.703. The van der Waals surface area contributed by atoms with Crippen LogP contribution >= 0.6 is 0 Å². The van der Waals surface area contributed by atoms with Crippen LogP contribution in [-0.2, 0) is 42.7 Å². The van der Waals surface area contributed by atoms with Crippen molar-refractivity contribution < 1.29 is 88.7 Å². The van der Waals surface area contributed by atoms with Gasteiger partial charge in [-0.2, -0.15) is 0 Å². The van der Waals surface area contributed by atoms with Crippen LogP contribution in [0.25, 0.3) is 0 Å². The first-order chi connectivity index (χ1) is 30.9. The molecule has 0 amide bonds. The van der Waals surface area contributed by atoms with Gasteiger partial charge in [-0.3, -0.25) is 4.79 Å². The molecule has 8 aliphatic rings. The fourth-order valence-corrected chi connectivity index (χ4v) is 14.9. The summed E-state index contributed by atoms with van der Waals surface area (Å²) in [6, 6.07) is 0. The molecule has 8 rings (SSSR count). The number of ether oxygens (including phenoxy) is 7. The van der Waals surface area contributed by atoms with Crippen molar-refractivity contribution in [2.75, 3.05) is 20.3 Å². The second-order valence-corrected chi connectivity index (χ2v) is 23.2. The predicted octanol–water partition coefficient (Wildman–Crippen LogP) is 0.960. The van der Waals surface area contributed by atoms with Gasteiger partial charge < -0.3 is 79.1 Å². The third kappa shape index (κ3) is 7.74. The van der Waals surface area contributed by atoms with Crippen LogP contribution in [-0.4, -0.2) is 170 Å². The molecular weight excluding hydrogens is 865 g/mol. The zero-order chi connectivity index (χ0) is 48.3. The highest BCUT2D eigenvalue weighted by atomic mass is 16.8. The molecular formula is C48H76O18. The summed E-state index contributed by atoms with van der Waals surface area (Å²) in [7, 11) is 1.13. The number of esters is 2. The van der Waals surface area contributed by atoms with Crippen molar-refractivity contribution in [3.63, 3.8) is 0 Å². The van der Waals surface area contributed by atoms with E-state index >= 15 is 0 Å². The quantitative estimate of drug-likeness (QED) is 0.0885. The van der Waals surface area contributed by atoms with Crippen LogP contribution in [0.1, 0.15) is 113 Å². The second kappa shape index (κ2) is 17.8. The average molecular weight is 941 g/mol. The summed E-state index contributed by atoms with van der Waals surface area (Å²) in [4.78, 5) is 27.8. The van der Waals surface area contributed by atoms with Gasteiger partial charge in [0.15, 0.2) is 18.7 Å². The molecule has 9 N–H and O–H groups in total. The van der Waals surface area contributed by atoms with Gasteiger partial charge in [0, 0.05) is 0 Å². The Hall–Kier alpha value is -1.88. The lowest BCUT2D eigenvalue weighted by Gasteiger charge is -2.71. The molecule has 3 heterocycles. The summed E-state index contributed by atoms with van der Waals surface area (Å²) in [6.45, 7) is 14.8. The van der Waals surface area contributed by atoms with Crippen molar-refractivity contribution in [3.05, 3.63) is 11.6 Å². The van der Waals surface area contributed by atoms with E-state index in [0.29, 0.717) is 19.3 Å². The summed E-state index contributed by atoms with van der Waals surface area (Å²) in [5.74, 6) is -1.13. The summed E-state index contributed by atoms with van der Waals surface area (Å²) in [6.07, 6.45) is -12.2. The number of aliphatic hydroxyl groups is 9. The first kappa shape index (κ1) is 50.5. The van der Waals surface area contributed by atoms with Crippen LogP contribution < -0.4 is 0 Å². The Kier molecular flexibility index (Phi) is 13.6. The molecule has 0 unspecified atom stereocenters. The maximum atomic E-state index is 14.7. The van der Waals surface area contributed by atoms with Gasteiger partial charge in [-0.15, -0.1) is 0 Å². The van der Waals surface area contributed by atoms with E-state index in [1.165, 1.54) is 5.57 Å². The third-order valence-corrected chi connectivity index (χ3v) is 19.1. The van der Waals surface area contributed by atoms with Gasteiger partial charge in [-0.1, -0.05) is 60.1 Å². The highest BCUT2D eigenvalue weighted by Crippen LogP contribution is 2.76. The minimum Gasteiger partial charge on any atom is -0.467 e. The number of hydrogen-bond acceptors (Lipinski definition) is 18. The highest BCUT2D eigenvalue weighted by molar-refractivity contribution is 5.79. The van der Waals surface area contributed by atoms with E-state index < -0.39 is 128 Å². The monoisotopic (exact) mass is 941 g/mol. The molecule has 376 valence electrons. The fraction of sp³-hybridized carbons (Fsp3) is 0.917. The highest BCUT2D eigenvalue weighted by Gasteiger charge is 2.70. The molecule has 22 atom stereocenters. The molecule has 0 aromatic rings. The minimum atomic E-state index is -1.76. The zero-order valence-corrected chi connectivity index (χ0v) is 39.7. The van der Waals surface area contributed by atoms with E-state index in [9.17, 15) is 55.5 Å². The molecule has 5 aliphatic carbocycles. The van der Waals surface area contributed by atoms with Crippen LogP contribution in [0.5, 0.6) is 0 Å². The maximum absolute atomic E-state index is 14.7.